The van der Waals surface area contributed by atoms with E-state index in [9.17, 15) is 5.26 Å². The molecule has 2 fully saturated rings. The molecule has 0 heterocycles. The van der Waals surface area contributed by atoms with Crippen LogP contribution in [0.3, 0.4) is 0 Å². The van der Waals surface area contributed by atoms with E-state index in [0.717, 1.165) is 18.9 Å². The predicted octanol–water partition coefficient (Wildman–Crippen LogP) is 3.48. The van der Waals surface area contributed by atoms with Crippen molar-refractivity contribution >= 4 is 0 Å². The van der Waals surface area contributed by atoms with Crippen molar-refractivity contribution in [1.29, 1.82) is 5.26 Å². The van der Waals surface area contributed by atoms with Gasteiger partial charge in [0, 0.05) is 12.6 Å². The third kappa shape index (κ3) is 3.01. The van der Waals surface area contributed by atoms with Gasteiger partial charge in [0.2, 0.25) is 0 Å². The van der Waals surface area contributed by atoms with Gasteiger partial charge in [-0.15, -0.1) is 0 Å². The number of nitrogens with one attached hydrogen (secondary N) is 1. The number of nitrogens with zero attached hydrogens (tertiary/aromatic N) is 1. The van der Waals surface area contributed by atoms with Crippen LogP contribution in [0.15, 0.2) is 0 Å². The molecular weight excluding hydrogens is 208 g/mol. The first-order chi connectivity index (χ1) is 8.18. The summed E-state index contributed by atoms with van der Waals surface area (Å²) in [6.07, 6.45) is 8.90. The van der Waals surface area contributed by atoms with Gasteiger partial charge in [0.1, 0.15) is 0 Å². The molecule has 2 aliphatic rings. The highest BCUT2D eigenvalue weighted by Crippen LogP contribution is 2.51. The molecule has 2 heteroatoms. The second-order valence-electron chi connectivity index (χ2n) is 6.38. The van der Waals surface area contributed by atoms with Crippen LogP contribution in [0.2, 0.25) is 0 Å². The van der Waals surface area contributed by atoms with Gasteiger partial charge in [-0.05, 0) is 37.0 Å². The van der Waals surface area contributed by atoms with Crippen molar-refractivity contribution in [2.24, 2.45) is 17.3 Å². The summed E-state index contributed by atoms with van der Waals surface area (Å²) in [7, 11) is 0. The molecule has 2 atom stereocenters. The molecule has 1 N–H and O–H groups in total. The molecule has 0 bridgehead atoms. The Morgan fingerprint density at radius 3 is 2.53 bits per heavy atom. The molecule has 0 aromatic heterocycles. The summed E-state index contributed by atoms with van der Waals surface area (Å²) in [6.45, 7) is 5.81. The van der Waals surface area contributed by atoms with Crippen molar-refractivity contribution in [3.63, 3.8) is 0 Å². The summed E-state index contributed by atoms with van der Waals surface area (Å²) in [6, 6.07) is 2.97. The fourth-order valence-electron chi connectivity index (χ4n) is 3.16. The van der Waals surface area contributed by atoms with E-state index in [1.807, 2.05) is 0 Å². The average Bonchev–Trinajstić information content (AvgIpc) is 3.11. The highest BCUT2D eigenvalue weighted by Gasteiger charge is 2.45. The summed E-state index contributed by atoms with van der Waals surface area (Å²) in [5, 5.41) is 13.0. The van der Waals surface area contributed by atoms with Gasteiger partial charge in [-0.2, -0.15) is 5.26 Å². The van der Waals surface area contributed by atoms with Crippen LogP contribution in [0.1, 0.15) is 58.8 Å². The average molecular weight is 234 g/mol. The van der Waals surface area contributed by atoms with E-state index < -0.39 is 0 Å². The Morgan fingerprint density at radius 1 is 1.24 bits per heavy atom. The molecule has 2 rings (SSSR count). The van der Waals surface area contributed by atoms with Crippen LogP contribution < -0.4 is 5.32 Å². The highest BCUT2D eigenvalue weighted by atomic mass is 14.9. The van der Waals surface area contributed by atoms with Crippen molar-refractivity contribution < 1.29 is 0 Å². The number of nitriles is 1. The maximum absolute atomic E-state index is 9.25. The van der Waals surface area contributed by atoms with Gasteiger partial charge in [-0.3, -0.25) is 0 Å². The van der Waals surface area contributed by atoms with Crippen molar-refractivity contribution in [2.75, 3.05) is 6.54 Å². The Bertz CT molecular complexity index is 286. The second kappa shape index (κ2) is 5.40. The van der Waals surface area contributed by atoms with E-state index in [1.54, 1.807) is 0 Å². The molecule has 0 aliphatic heterocycles. The number of hydrogen-bond donors (Lipinski definition) is 1. The largest absolute Gasteiger partial charge is 0.312 e. The van der Waals surface area contributed by atoms with Crippen LogP contribution in [-0.4, -0.2) is 12.6 Å². The smallest absolute Gasteiger partial charge is 0.0672 e. The third-order valence-electron chi connectivity index (χ3n) is 5.02. The lowest BCUT2D eigenvalue weighted by atomic mass is 9.90. The molecule has 0 radical (unpaired) electrons. The van der Waals surface area contributed by atoms with Gasteiger partial charge in [0.05, 0.1) is 12.0 Å². The van der Waals surface area contributed by atoms with Crippen molar-refractivity contribution in [2.45, 2.75) is 64.8 Å². The Hall–Kier alpha value is -0.550. The van der Waals surface area contributed by atoms with Gasteiger partial charge in [-0.1, -0.05) is 33.1 Å². The van der Waals surface area contributed by atoms with Crippen LogP contribution in [-0.2, 0) is 0 Å². The zero-order valence-electron chi connectivity index (χ0n) is 11.3. The number of rotatable bonds is 4. The third-order valence-corrected chi connectivity index (χ3v) is 5.02. The summed E-state index contributed by atoms with van der Waals surface area (Å²) in [5.74, 6) is 1.03. The van der Waals surface area contributed by atoms with Gasteiger partial charge in [0.15, 0.2) is 0 Å². The molecule has 0 aromatic carbocycles. The molecule has 2 unspecified atom stereocenters. The van der Waals surface area contributed by atoms with Gasteiger partial charge >= 0.3 is 0 Å². The molecule has 0 saturated heterocycles. The second-order valence-corrected chi connectivity index (χ2v) is 6.38. The quantitative estimate of drug-likeness (QED) is 0.756. The first-order valence-electron chi connectivity index (χ1n) is 7.31. The normalized spacial score (nSPS) is 31.9. The SMILES string of the molecule is CC(C)C1(CNC2CCCCCC2C#N)CC1. The monoisotopic (exact) mass is 234 g/mol. The maximum atomic E-state index is 9.25. The molecule has 96 valence electrons. The Morgan fingerprint density at radius 2 is 1.94 bits per heavy atom. The minimum Gasteiger partial charge on any atom is -0.312 e. The summed E-state index contributed by atoms with van der Waals surface area (Å²) in [5.41, 5.74) is 0.562. The van der Waals surface area contributed by atoms with Gasteiger partial charge < -0.3 is 5.32 Å². The van der Waals surface area contributed by atoms with Crippen LogP contribution in [0, 0.1) is 28.6 Å². The predicted molar refractivity (Wildman–Crippen MR) is 70.5 cm³/mol. The Labute approximate surface area is 106 Å². The van der Waals surface area contributed by atoms with Crippen molar-refractivity contribution in [3.8, 4) is 6.07 Å². The van der Waals surface area contributed by atoms with E-state index in [2.05, 4.69) is 25.2 Å². The molecule has 0 amide bonds. The Balaban J connectivity index is 1.86. The van der Waals surface area contributed by atoms with Crippen LogP contribution in [0.25, 0.3) is 0 Å². The fourth-order valence-corrected chi connectivity index (χ4v) is 3.16. The van der Waals surface area contributed by atoms with E-state index in [0.29, 0.717) is 11.5 Å². The molecule has 2 saturated carbocycles. The van der Waals surface area contributed by atoms with Gasteiger partial charge in [-0.25, -0.2) is 0 Å². The van der Waals surface area contributed by atoms with E-state index in [4.69, 9.17) is 0 Å². The van der Waals surface area contributed by atoms with Gasteiger partial charge in [0.25, 0.3) is 0 Å². The molecule has 0 aromatic rings. The zero-order valence-corrected chi connectivity index (χ0v) is 11.3. The molecule has 2 aliphatic carbocycles. The summed E-state index contributed by atoms with van der Waals surface area (Å²) < 4.78 is 0. The van der Waals surface area contributed by atoms with E-state index in [-0.39, 0.29) is 5.92 Å². The number of hydrogen-bond acceptors (Lipinski definition) is 2. The minimum atomic E-state index is 0.250. The minimum absolute atomic E-state index is 0.250. The molecule has 17 heavy (non-hydrogen) atoms. The summed E-state index contributed by atoms with van der Waals surface area (Å²) >= 11 is 0. The van der Waals surface area contributed by atoms with E-state index in [1.165, 1.54) is 38.5 Å². The molecular formula is C15H26N2. The first-order valence-corrected chi connectivity index (χ1v) is 7.31. The lowest BCUT2D eigenvalue weighted by Crippen LogP contribution is -2.39. The highest BCUT2D eigenvalue weighted by molar-refractivity contribution is 5.00. The van der Waals surface area contributed by atoms with Crippen molar-refractivity contribution in [1.82, 2.24) is 5.32 Å². The van der Waals surface area contributed by atoms with Crippen molar-refractivity contribution in [3.05, 3.63) is 0 Å². The maximum Gasteiger partial charge on any atom is 0.0672 e. The Kier molecular flexibility index (Phi) is 4.09. The molecule has 0 spiro atoms. The standard InChI is InChI=1S/C15H26N2/c1-12(2)15(8-9-15)11-17-14-7-5-3-4-6-13(14)10-16/h12-14,17H,3-9,11H2,1-2H3. The van der Waals surface area contributed by atoms with Crippen LogP contribution >= 0.6 is 0 Å². The lowest BCUT2D eigenvalue weighted by molar-refractivity contribution is 0.294. The summed E-state index contributed by atoms with van der Waals surface area (Å²) in [4.78, 5) is 0. The topological polar surface area (TPSA) is 35.8 Å². The fraction of sp³-hybridized carbons (Fsp3) is 0.933. The zero-order chi connectivity index (χ0) is 12.3. The van der Waals surface area contributed by atoms with E-state index >= 15 is 0 Å². The lowest BCUT2D eigenvalue weighted by Gasteiger charge is -2.26. The van der Waals surface area contributed by atoms with Crippen LogP contribution in [0.5, 0.6) is 0 Å². The molecule has 2 nitrogen and oxygen atoms in total. The first kappa shape index (κ1) is 12.9. The van der Waals surface area contributed by atoms with Crippen LogP contribution in [0.4, 0.5) is 0 Å².